The topological polar surface area (TPSA) is 56.2 Å². The second-order valence-electron chi connectivity index (χ2n) is 5.97. The van der Waals surface area contributed by atoms with Crippen LogP contribution in [0.1, 0.15) is 22.6 Å². The van der Waals surface area contributed by atoms with Gasteiger partial charge in [0.2, 0.25) is 0 Å². The largest absolute Gasteiger partial charge is 0.457 e. The molecule has 3 aromatic rings. The fourth-order valence-corrected chi connectivity index (χ4v) is 3.00. The van der Waals surface area contributed by atoms with Crippen LogP contribution in [-0.2, 0) is 6.42 Å². The van der Waals surface area contributed by atoms with Gasteiger partial charge in [0.15, 0.2) is 6.29 Å². The minimum absolute atomic E-state index is 0.0718. The maximum absolute atomic E-state index is 13.2. The van der Waals surface area contributed by atoms with Crippen molar-refractivity contribution in [3.05, 3.63) is 65.5 Å². The normalized spacial score (nSPS) is 13.0. The van der Waals surface area contributed by atoms with E-state index in [2.05, 4.69) is 10.4 Å². The summed E-state index contributed by atoms with van der Waals surface area (Å²) in [5, 5.41) is 7.73. The van der Waals surface area contributed by atoms with Gasteiger partial charge in [-0.05, 0) is 37.1 Å². The number of aryl methyl sites for hydroxylation is 1. The second kappa shape index (κ2) is 6.59. The predicted molar refractivity (Wildman–Crippen MR) is 92.2 cm³/mol. The molecule has 0 atom stereocenters. The highest BCUT2D eigenvalue weighted by molar-refractivity contribution is 5.84. The first kappa shape index (κ1) is 16.3. The molecule has 5 nitrogen and oxygen atoms in total. The van der Waals surface area contributed by atoms with E-state index >= 15 is 0 Å². The van der Waals surface area contributed by atoms with Gasteiger partial charge in [-0.1, -0.05) is 0 Å². The molecular formula is C19H15F2N3O2. The summed E-state index contributed by atoms with van der Waals surface area (Å²) in [7, 11) is 0. The summed E-state index contributed by atoms with van der Waals surface area (Å²) in [5.74, 6) is -0.923. The number of hydrogen-bond donors (Lipinski definition) is 1. The smallest absolute Gasteiger partial charge is 0.170 e. The number of aromatic nitrogens is 2. The zero-order chi connectivity index (χ0) is 18.1. The quantitative estimate of drug-likeness (QED) is 0.716. The van der Waals surface area contributed by atoms with Gasteiger partial charge in [0.05, 0.1) is 17.1 Å². The van der Waals surface area contributed by atoms with E-state index in [1.54, 1.807) is 28.9 Å². The summed E-state index contributed by atoms with van der Waals surface area (Å²) < 4.78 is 33.5. The van der Waals surface area contributed by atoms with Crippen LogP contribution in [0.5, 0.6) is 11.5 Å². The van der Waals surface area contributed by atoms with E-state index in [4.69, 9.17) is 4.74 Å². The first-order chi connectivity index (χ1) is 12.6. The number of carbonyl (C=O) groups is 1. The third kappa shape index (κ3) is 3.03. The van der Waals surface area contributed by atoms with Crippen molar-refractivity contribution in [2.75, 3.05) is 11.9 Å². The van der Waals surface area contributed by atoms with Crippen LogP contribution in [0, 0.1) is 11.6 Å². The van der Waals surface area contributed by atoms with Crippen LogP contribution in [0.3, 0.4) is 0 Å². The lowest BCUT2D eigenvalue weighted by Gasteiger charge is -2.12. The number of carbonyl (C=O) groups excluding carboxylic acids is 1. The number of halogens is 2. The highest BCUT2D eigenvalue weighted by atomic mass is 19.1. The highest BCUT2D eigenvalue weighted by Crippen LogP contribution is 2.28. The van der Waals surface area contributed by atoms with Crippen molar-refractivity contribution in [1.82, 2.24) is 9.78 Å². The summed E-state index contributed by atoms with van der Waals surface area (Å²) in [4.78, 5) is 11.5. The van der Waals surface area contributed by atoms with Crippen molar-refractivity contribution < 1.29 is 18.3 Å². The Bertz CT molecular complexity index is 947. The molecular weight excluding hydrogens is 340 g/mol. The van der Waals surface area contributed by atoms with Gasteiger partial charge >= 0.3 is 0 Å². The number of nitrogens with one attached hydrogen (secondary N) is 1. The van der Waals surface area contributed by atoms with Crippen LogP contribution < -0.4 is 10.1 Å². The molecule has 0 spiro atoms. The number of fused-ring (bicyclic) bond motifs is 1. The van der Waals surface area contributed by atoms with E-state index in [-0.39, 0.29) is 5.75 Å². The Morgan fingerprint density at radius 1 is 1.08 bits per heavy atom. The molecule has 0 saturated heterocycles. The Balaban J connectivity index is 1.62. The fraction of sp³-hybridized carbons (Fsp3) is 0.158. The number of hydrogen-bond acceptors (Lipinski definition) is 4. The van der Waals surface area contributed by atoms with E-state index in [1.807, 2.05) is 0 Å². The molecule has 7 heteroatoms. The van der Waals surface area contributed by atoms with Crippen molar-refractivity contribution in [3.8, 4) is 17.2 Å². The van der Waals surface area contributed by atoms with Crippen molar-refractivity contribution in [1.29, 1.82) is 0 Å². The van der Waals surface area contributed by atoms with Crippen molar-refractivity contribution in [2.24, 2.45) is 0 Å². The van der Waals surface area contributed by atoms with Gasteiger partial charge in [-0.25, -0.2) is 13.5 Å². The van der Waals surface area contributed by atoms with Crippen molar-refractivity contribution in [3.63, 3.8) is 0 Å². The number of aldehydes is 1. The molecule has 0 saturated carbocycles. The average Bonchev–Trinajstić information content (AvgIpc) is 3.00. The molecule has 0 fully saturated rings. The number of rotatable bonds is 4. The molecule has 0 bridgehead atoms. The lowest BCUT2D eigenvalue weighted by Crippen LogP contribution is -2.11. The van der Waals surface area contributed by atoms with Gasteiger partial charge in [-0.3, -0.25) is 4.79 Å². The molecule has 1 N–H and O–H groups in total. The van der Waals surface area contributed by atoms with Crippen molar-refractivity contribution >= 4 is 12.0 Å². The summed E-state index contributed by atoms with van der Waals surface area (Å²) >= 11 is 0. The van der Waals surface area contributed by atoms with Crippen LogP contribution in [0.2, 0.25) is 0 Å². The Labute approximate surface area is 148 Å². The fourth-order valence-electron chi connectivity index (χ4n) is 3.00. The number of nitrogens with zero attached hydrogens (tertiary/aromatic N) is 2. The van der Waals surface area contributed by atoms with Gasteiger partial charge in [-0.2, -0.15) is 5.10 Å². The van der Waals surface area contributed by atoms with Gasteiger partial charge in [0, 0.05) is 24.7 Å². The Morgan fingerprint density at radius 3 is 2.50 bits per heavy atom. The Hall–Kier alpha value is -3.22. The lowest BCUT2D eigenvalue weighted by atomic mass is 10.1. The van der Waals surface area contributed by atoms with Gasteiger partial charge < -0.3 is 10.1 Å². The number of anilines is 1. The maximum Gasteiger partial charge on any atom is 0.170 e. The van der Waals surface area contributed by atoms with Crippen LogP contribution in [0.25, 0.3) is 5.69 Å². The Kier molecular flexibility index (Phi) is 4.12. The van der Waals surface area contributed by atoms with Crippen LogP contribution in [0.15, 0.2) is 42.5 Å². The standard InChI is InChI=1S/C19H15F2N3O2/c20-12-8-13(21)10-16(9-12)26-15-5-3-14(4-6-15)24-18(11-25)19-17(23-24)2-1-7-22-19/h3-6,8-11,22H,1-2,7H2. The molecule has 0 radical (unpaired) electrons. The molecule has 0 unspecified atom stereocenters. The molecule has 1 aliphatic rings. The number of benzene rings is 2. The first-order valence-electron chi connectivity index (χ1n) is 8.19. The summed E-state index contributed by atoms with van der Waals surface area (Å²) in [6, 6.07) is 9.77. The summed E-state index contributed by atoms with van der Waals surface area (Å²) in [6.45, 7) is 0.816. The van der Waals surface area contributed by atoms with Crippen LogP contribution in [-0.4, -0.2) is 22.6 Å². The van der Waals surface area contributed by atoms with Crippen LogP contribution >= 0.6 is 0 Å². The molecule has 2 aromatic carbocycles. The SMILES string of the molecule is O=Cc1c2c(nn1-c1ccc(Oc3cc(F)cc(F)c3)cc1)CCCN2. The van der Waals surface area contributed by atoms with Gasteiger partial charge in [0.25, 0.3) is 0 Å². The van der Waals surface area contributed by atoms with E-state index in [9.17, 15) is 13.6 Å². The van der Waals surface area contributed by atoms with Crippen LogP contribution in [0.4, 0.5) is 14.5 Å². The highest BCUT2D eigenvalue weighted by Gasteiger charge is 2.20. The molecule has 1 aliphatic heterocycles. The molecule has 1 aromatic heterocycles. The minimum atomic E-state index is -0.707. The second-order valence-corrected chi connectivity index (χ2v) is 5.97. The monoisotopic (exact) mass is 355 g/mol. The van der Waals surface area contributed by atoms with Gasteiger partial charge in [0.1, 0.15) is 28.8 Å². The third-order valence-electron chi connectivity index (χ3n) is 4.15. The molecule has 0 amide bonds. The summed E-state index contributed by atoms with van der Waals surface area (Å²) in [6.07, 6.45) is 2.58. The van der Waals surface area contributed by atoms with Crippen molar-refractivity contribution in [2.45, 2.75) is 12.8 Å². The summed E-state index contributed by atoms with van der Waals surface area (Å²) in [5.41, 5.74) is 2.82. The first-order valence-corrected chi connectivity index (χ1v) is 8.19. The molecule has 2 heterocycles. The minimum Gasteiger partial charge on any atom is -0.457 e. The van der Waals surface area contributed by atoms with Gasteiger partial charge in [-0.15, -0.1) is 0 Å². The molecule has 132 valence electrons. The molecule has 26 heavy (non-hydrogen) atoms. The zero-order valence-electron chi connectivity index (χ0n) is 13.7. The van der Waals surface area contributed by atoms with E-state index in [1.165, 1.54) is 0 Å². The lowest BCUT2D eigenvalue weighted by molar-refractivity contribution is 0.111. The zero-order valence-corrected chi connectivity index (χ0v) is 13.7. The van der Waals surface area contributed by atoms with E-state index in [0.29, 0.717) is 17.1 Å². The number of ether oxygens (including phenoxy) is 1. The average molecular weight is 355 g/mol. The van der Waals surface area contributed by atoms with E-state index in [0.717, 1.165) is 55.3 Å². The molecule has 0 aliphatic carbocycles. The van der Waals surface area contributed by atoms with E-state index < -0.39 is 11.6 Å². The molecule has 4 rings (SSSR count). The Morgan fingerprint density at radius 2 is 1.81 bits per heavy atom. The predicted octanol–water partition coefficient (Wildman–Crippen LogP) is 4.11. The maximum atomic E-state index is 13.2. The third-order valence-corrected chi connectivity index (χ3v) is 4.15.